The highest BCUT2D eigenvalue weighted by Gasteiger charge is 2.46. The molecular weight excluding hydrogens is 306 g/mol. The van der Waals surface area contributed by atoms with Crippen molar-refractivity contribution in [1.29, 1.82) is 0 Å². The van der Waals surface area contributed by atoms with Gasteiger partial charge in [-0.15, -0.1) is 0 Å². The first kappa shape index (κ1) is 15.4. The molecule has 24 heavy (non-hydrogen) atoms. The summed E-state index contributed by atoms with van der Waals surface area (Å²) in [6.45, 7) is 1.11. The van der Waals surface area contributed by atoms with E-state index in [2.05, 4.69) is 96.3 Å². The predicted octanol–water partition coefficient (Wildman–Crippen LogP) is 3.52. The molecule has 1 N–H and O–H groups in total. The van der Waals surface area contributed by atoms with Crippen molar-refractivity contribution in [2.24, 2.45) is 0 Å². The van der Waals surface area contributed by atoms with Crippen LogP contribution in [0.4, 0.5) is 0 Å². The van der Waals surface area contributed by atoms with Gasteiger partial charge in [-0.3, -0.25) is 0 Å². The monoisotopic (exact) mass is 329 g/mol. The van der Waals surface area contributed by atoms with E-state index in [4.69, 9.17) is 0 Å². The minimum Gasteiger partial charge on any atom is -0.312 e. The van der Waals surface area contributed by atoms with Crippen LogP contribution in [0, 0.1) is 0 Å². The fraction of sp³-hybridized carbons (Fsp3) is 0.182. The minimum absolute atomic E-state index is 0.428. The van der Waals surface area contributed by atoms with Crippen molar-refractivity contribution in [3.63, 3.8) is 0 Å². The number of hydrogen-bond acceptors (Lipinski definition) is 1. The Kier molecular flexibility index (Phi) is 4.33. The van der Waals surface area contributed by atoms with E-state index in [1.165, 1.54) is 28.4 Å². The lowest BCUT2D eigenvalue weighted by Crippen LogP contribution is -2.68. The Morgan fingerprint density at radius 1 is 0.667 bits per heavy atom. The minimum atomic E-state index is -1.92. The normalized spacial score (nSPS) is 19.8. The van der Waals surface area contributed by atoms with Gasteiger partial charge in [0.05, 0.1) is 0 Å². The molecule has 1 saturated heterocycles. The maximum Gasteiger partial charge on any atom is 0.139 e. The van der Waals surface area contributed by atoms with Gasteiger partial charge in [0.25, 0.3) is 0 Å². The topological polar surface area (TPSA) is 12.0 Å². The third-order valence-corrected chi connectivity index (χ3v) is 10.7. The maximum absolute atomic E-state index is 3.89. The van der Waals surface area contributed by atoms with E-state index >= 15 is 0 Å². The van der Waals surface area contributed by atoms with Crippen molar-refractivity contribution in [3.05, 3.63) is 96.6 Å². The molecule has 1 fully saturated rings. The van der Waals surface area contributed by atoms with Crippen LogP contribution in [-0.2, 0) is 0 Å². The number of nitrogens with one attached hydrogen (secondary N) is 1. The molecule has 3 aromatic carbocycles. The van der Waals surface area contributed by atoms with Crippen molar-refractivity contribution in [2.75, 3.05) is 6.54 Å². The summed E-state index contributed by atoms with van der Waals surface area (Å²) in [6.07, 6.45) is 1.25. The van der Waals surface area contributed by atoms with Crippen LogP contribution in [-0.4, -0.2) is 14.6 Å². The maximum atomic E-state index is 3.89. The molecule has 1 aliphatic rings. The molecule has 0 radical (unpaired) electrons. The average Bonchev–Trinajstić information content (AvgIpc) is 2.70. The first-order chi connectivity index (χ1) is 11.9. The average molecular weight is 330 g/mol. The van der Waals surface area contributed by atoms with Crippen LogP contribution in [0.2, 0.25) is 6.04 Å². The quantitative estimate of drug-likeness (QED) is 0.725. The van der Waals surface area contributed by atoms with Crippen LogP contribution in [0.3, 0.4) is 0 Å². The Bertz CT molecular complexity index is 731. The van der Waals surface area contributed by atoms with Crippen LogP contribution in [0.25, 0.3) is 0 Å². The summed E-state index contributed by atoms with van der Waals surface area (Å²) in [7, 11) is -1.92. The summed E-state index contributed by atoms with van der Waals surface area (Å²) < 4.78 is 0. The van der Waals surface area contributed by atoms with Gasteiger partial charge in [-0.1, -0.05) is 101 Å². The molecule has 0 amide bonds. The summed E-state index contributed by atoms with van der Waals surface area (Å²) in [5, 5.41) is 6.96. The first-order valence-corrected chi connectivity index (χ1v) is 11.1. The number of hydrogen-bond donors (Lipinski definition) is 1. The van der Waals surface area contributed by atoms with E-state index in [0.29, 0.717) is 5.67 Å². The second-order valence-corrected chi connectivity index (χ2v) is 10.8. The Morgan fingerprint density at radius 2 is 1.17 bits per heavy atom. The molecule has 0 aromatic heterocycles. The molecule has 0 saturated carbocycles. The Hall–Kier alpha value is -2.16. The third-order valence-electron chi connectivity index (χ3n) is 5.30. The lowest BCUT2D eigenvalue weighted by molar-refractivity contribution is 0.600. The largest absolute Gasteiger partial charge is 0.312 e. The Morgan fingerprint density at radius 3 is 1.71 bits per heavy atom. The molecular formula is C22H23NSi. The van der Waals surface area contributed by atoms with Gasteiger partial charge < -0.3 is 5.32 Å². The van der Waals surface area contributed by atoms with Gasteiger partial charge in [0, 0.05) is 5.67 Å². The van der Waals surface area contributed by atoms with Gasteiger partial charge >= 0.3 is 0 Å². The van der Waals surface area contributed by atoms with E-state index in [9.17, 15) is 0 Å². The Balaban J connectivity index is 1.94. The highest BCUT2D eigenvalue weighted by molar-refractivity contribution is 7.03. The summed E-state index contributed by atoms with van der Waals surface area (Å²) in [5.74, 6) is 0. The molecule has 3 aromatic rings. The van der Waals surface area contributed by atoms with E-state index in [1.54, 1.807) is 0 Å². The van der Waals surface area contributed by atoms with Crippen LogP contribution in [0.15, 0.2) is 91.0 Å². The van der Waals surface area contributed by atoms with Crippen molar-refractivity contribution in [2.45, 2.75) is 18.1 Å². The number of benzene rings is 3. The molecule has 120 valence electrons. The highest BCUT2D eigenvalue weighted by Crippen LogP contribution is 2.32. The zero-order valence-corrected chi connectivity index (χ0v) is 14.9. The van der Waals surface area contributed by atoms with E-state index < -0.39 is 8.07 Å². The summed E-state index contributed by atoms with van der Waals surface area (Å²) in [5.41, 5.74) is 1.86. The standard InChI is InChI=1S/C22H23NSi/c1-4-11-19(12-5-1)22-23-17-10-18-24(22,20-13-6-2-7-14-20)21-15-8-3-9-16-21/h1-9,11-16,22-23H,10,17-18H2/t22-/m1/s1. The Labute approximate surface area is 145 Å². The molecule has 1 atom stereocenters. The van der Waals surface area contributed by atoms with Crippen LogP contribution in [0.1, 0.15) is 17.6 Å². The molecule has 1 aliphatic heterocycles. The van der Waals surface area contributed by atoms with E-state index in [0.717, 1.165) is 6.54 Å². The predicted molar refractivity (Wildman–Crippen MR) is 105 cm³/mol. The fourth-order valence-corrected chi connectivity index (χ4v) is 9.67. The molecule has 0 unspecified atom stereocenters. The zero-order chi connectivity index (χ0) is 16.2. The van der Waals surface area contributed by atoms with Gasteiger partial charge in [-0.05, 0) is 24.6 Å². The molecule has 0 spiro atoms. The van der Waals surface area contributed by atoms with Crippen molar-refractivity contribution < 1.29 is 0 Å². The molecule has 2 heteroatoms. The molecule has 0 aliphatic carbocycles. The second kappa shape index (κ2) is 6.76. The lowest BCUT2D eigenvalue weighted by Gasteiger charge is -2.44. The zero-order valence-electron chi connectivity index (χ0n) is 13.9. The summed E-state index contributed by atoms with van der Waals surface area (Å²) in [6, 6.07) is 34.8. The van der Waals surface area contributed by atoms with Gasteiger partial charge in [0.15, 0.2) is 0 Å². The van der Waals surface area contributed by atoms with Gasteiger partial charge in [-0.2, -0.15) is 0 Å². The molecule has 0 bridgehead atoms. The van der Waals surface area contributed by atoms with Crippen molar-refractivity contribution in [3.8, 4) is 0 Å². The second-order valence-electron chi connectivity index (χ2n) is 6.60. The van der Waals surface area contributed by atoms with E-state index in [-0.39, 0.29) is 0 Å². The van der Waals surface area contributed by atoms with Crippen molar-refractivity contribution in [1.82, 2.24) is 5.32 Å². The summed E-state index contributed by atoms with van der Waals surface area (Å²) in [4.78, 5) is 0. The third kappa shape index (κ3) is 2.62. The number of rotatable bonds is 3. The summed E-state index contributed by atoms with van der Waals surface area (Å²) >= 11 is 0. The van der Waals surface area contributed by atoms with Crippen molar-refractivity contribution >= 4 is 18.4 Å². The van der Waals surface area contributed by atoms with E-state index in [1.807, 2.05) is 0 Å². The SMILES string of the molecule is c1ccc([C@@H]2NCCC[Si]2(c2ccccc2)c2ccccc2)cc1. The van der Waals surface area contributed by atoms with Crippen LogP contribution >= 0.6 is 0 Å². The fourth-order valence-electron chi connectivity index (χ4n) is 4.24. The van der Waals surface area contributed by atoms with Gasteiger partial charge in [0.2, 0.25) is 0 Å². The first-order valence-electron chi connectivity index (χ1n) is 8.81. The highest BCUT2D eigenvalue weighted by atomic mass is 28.3. The lowest BCUT2D eigenvalue weighted by atomic mass is 10.2. The van der Waals surface area contributed by atoms with Gasteiger partial charge in [-0.25, -0.2) is 0 Å². The van der Waals surface area contributed by atoms with Gasteiger partial charge in [0.1, 0.15) is 8.07 Å². The molecule has 1 nitrogen and oxygen atoms in total. The van der Waals surface area contributed by atoms with Crippen LogP contribution in [0.5, 0.6) is 0 Å². The van der Waals surface area contributed by atoms with Crippen LogP contribution < -0.4 is 15.7 Å². The molecule has 4 rings (SSSR count). The smallest absolute Gasteiger partial charge is 0.139 e. The molecule has 1 heterocycles.